The second-order valence-corrected chi connectivity index (χ2v) is 8.97. The van der Waals surface area contributed by atoms with Crippen LogP contribution >= 0.6 is 0 Å². The molecule has 0 saturated carbocycles. The highest BCUT2D eigenvalue weighted by Crippen LogP contribution is 2.35. The number of methoxy groups -OCH3 is 1. The lowest BCUT2D eigenvalue weighted by Crippen LogP contribution is -2.37. The van der Waals surface area contributed by atoms with E-state index in [4.69, 9.17) is 19.3 Å². The second-order valence-electron chi connectivity index (χ2n) is 8.97. The fourth-order valence-corrected chi connectivity index (χ4v) is 4.01. The summed E-state index contributed by atoms with van der Waals surface area (Å²) in [6, 6.07) is 17.6. The molecular formula is C28H37N3O4. The molecule has 7 heteroatoms. The van der Waals surface area contributed by atoms with Crippen LogP contribution in [0.3, 0.4) is 0 Å². The van der Waals surface area contributed by atoms with E-state index in [-0.39, 0.29) is 6.61 Å². The Hall–Kier alpha value is -3.13. The summed E-state index contributed by atoms with van der Waals surface area (Å²) in [6.45, 7) is 10.5. The molecule has 1 N–H and O–H groups in total. The molecule has 0 radical (unpaired) electrons. The molecule has 0 fully saturated rings. The zero-order valence-electron chi connectivity index (χ0n) is 21.2. The van der Waals surface area contributed by atoms with E-state index >= 15 is 0 Å². The first kappa shape index (κ1) is 26.5. The fraction of sp³-hybridized carbons (Fsp3) is 0.393. The third kappa shape index (κ3) is 7.68. The van der Waals surface area contributed by atoms with Crippen LogP contribution in [0.2, 0.25) is 0 Å². The SMILES string of the molecule is C=CCOCC(O)CN(Cc1c(-c2ccccc2)nn(C)c1Oc1cccc(OC)c1)CC(C)C. The molecule has 0 aliphatic heterocycles. The van der Waals surface area contributed by atoms with E-state index in [0.717, 1.165) is 29.1 Å². The zero-order chi connectivity index (χ0) is 25.2. The van der Waals surface area contributed by atoms with E-state index in [0.29, 0.717) is 37.2 Å². The van der Waals surface area contributed by atoms with Gasteiger partial charge in [0.2, 0.25) is 5.88 Å². The number of benzene rings is 2. The first-order valence-electron chi connectivity index (χ1n) is 11.9. The molecule has 1 heterocycles. The van der Waals surface area contributed by atoms with Gasteiger partial charge in [0, 0.05) is 38.3 Å². The van der Waals surface area contributed by atoms with E-state index in [9.17, 15) is 5.11 Å². The lowest BCUT2D eigenvalue weighted by molar-refractivity contribution is 0.0222. The summed E-state index contributed by atoms with van der Waals surface area (Å²) < 4.78 is 19.0. The summed E-state index contributed by atoms with van der Waals surface area (Å²) in [6.07, 6.45) is 1.07. The van der Waals surface area contributed by atoms with Crippen molar-refractivity contribution >= 4 is 0 Å². The van der Waals surface area contributed by atoms with E-state index in [1.54, 1.807) is 17.9 Å². The molecule has 3 rings (SSSR count). The normalized spacial score (nSPS) is 12.2. The second kappa shape index (κ2) is 13.1. The Labute approximate surface area is 208 Å². The van der Waals surface area contributed by atoms with Crippen molar-refractivity contribution in [2.24, 2.45) is 13.0 Å². The van der Waals surface area contributed by atoms with Gasteiger partial charge in [-0.1, -0.05) is 56.3 Å². The number of hydrogen-bond donors (Lipinski definition) is 1. The maximum atomic E-state index is 10.6. The van der Waals surface area contributed by atoms with Crippen LogP contribution in [0.1, 0.15) is 19.4 Å². The summed E-state index contributed by atoms with van der Waals surface area (Å²) >= 11 is 0. The van der Waals surface area contributed by atoms with Crippen LogP contribution in [0.15, 0.2) is 67.3 Å². The summed E-state index contributed by atoms with van der Waals surface area (Å²) in [7, 11) is 3.52. The summed E-state index contributed by atoms with van der Waals surface area (Å²) in [5.41, 5.74) is 2.83. The standard InChI is InChI=1S/C28H37N3O4/c1-6-15-34-20-23(32)18-31(17-21(2)3)19-26-27(22-11-8-7-9-12-22)29-30(4)28(26)35-25-14-10-13-24(16-25)33-5/h6-14,16,21,23,32H,1,15,17-20H2,2-5H3. The van der Waals surface area contributed by atoms with Gasteiger partial charge in [-0.25, -0.2) is 4.68 Å². The molecule has 1 atom stereocenters. The van der Waals surface area contributed by atoms with Crippen molar-refractivity contribution < 1.29 is 19.3 Å². The minimum atomic E-state index is -0.617. The Morgan fingerprint density at radius 1 is 1.09 bits per heavy atom. The van der Waals surface area contributed by atoms with Crippen LogP contribution in [0.25, 0.3) is 11.3 Å². The molecule has 2 aromatic carbocycles. The summed E-state index contributed by atoms with van der Waals surface area (Å²) in [5.74, 6) is 2.46. The van der Waals surface area contributed by atoms with Gasteiger partial charge in [-0.15, -0.1) is 6.58 Å². The molecule has 0 aliphatic rings. The third-order valence-electron chi connectivity index (χ3n) is 5.41. The predicted molar refractivity (Wildman–Crippen MR) is 139 cm³/mol. The lowest BCUT2D eigenvalue weighted by atomic mass is 10.1. The monoisotopic (exact) mass is 479 g/mol. The first-order chi connectivity index (χ1) is 16.9. The van der Waals surface area contributed by atoms with Crippen molar-refractivity contribution in [1.29, 1.82) is 0 Å². The van der Waals surface area contributed by atoms with Gasteiger partial charge in [0.25, 0.3) is 0 Å². The van der Waals surface area contributed by atoms with Gasteiger partial charge in [0.05, 0.1) is 32.0 Å². The zero-order valence-corrected chi connectivity index (χ0v) is 21.2. The Morgan fingerprint density at radius 2 is 1.83 bits per heavy atom. The number of aryl methyl sites for hydroxylation is 1. The molecule has 0 aliphatic carbocycles. The van der Waals surface area contributed by atoms with Crippen LogP contribution in [0.4, 0.5) is 0 Å². The van der Waals surface area contributed by atoms with Crippen LogP contribution in [0.5, 0.6) is 17.4 Å². The Kier molecular flexibility index (Phi) is 9.90. The molecular weight excluding hydrogens is 442 g/mol. The van der Waals surface area contributed by atoms with Crippen molar-refractivity contribution in [2.45, 2.75) is 26.5 Å². The van der Waals surface area contributed by atoms with E-state index in [1.807, 2.05) is 61.6 Å². The molecule has 0 bridgehead atoms. The topological polar surface area (TPSA) is 69.0 Å². The minimum Gasteiger partial charge on any atom is -0.497 e. The van der Waals surface area contributed by atoms with Crippen LogP contribution in [-0.2, 0) is 18.3 Å². The van der Waals surface area contributed by atoms with Gasteiger partial charge >= 0.3 is 0 Å². The number of hydrogen-bond acceptors (Lipinski definition) is 6. The average molecular weight is 480 g/mol. The van der Waals surface area contributed by atoms with Crippen LogP contribution < -0.4 is 9.47 Å². The van der Waals surface area contributed by atoms with Crippen LogP contribution in [0, 0.1) is 5.92 Å². The molecule has 0 saturated heterocycles. The molecule has 0 amide bonds. The molecule has 3 aromatic rings. The van der Waals surface area contributed by atoms with Gasteiger partial charge in [-0.05, 0) is 18.1 Å². The predicted octanol–water partition coefficient (Wildman–Crippen LogP) is 4.91. The quantitative estimate of drug-likeness (QED) is 0.262. The van der Waals surface area contributed by atoms with Gasteiger partial charge in [-0.2, -0.15) is 5.10 Å². The fourth-order valence-electron chi connectivity index (χ4n) is 4.01. The number of rotatable bonds is 14. The Morgan fingerprint density at radius 3 is 2.51 bits per heavy atom. The van der Waals surface area contributed by atoms with E-state index in [2.05, 4.69) is 25.3 Å². The number of aromatic nitrogens is 2. The van der Waals surface area contributed by atoms with Crippen molar-refractivity contribution in [3.8, 4) is 28.6 Å². The number of aliphatic hydroxyl groups is 1. The Bertz CT molecular complexity index is 1070. The van der Waals surface area contributed by atoms with Crippen molar-refractivity contribution in [1.82, 2.24) is 14.7 Å². The van der Waals surface area contributed by atoms with E-state index in [1.165, 1.54) is 0 Å². The molecule has 1 unspecified atom stereocenters. The maximum Gasteiger partial charge on any atom is 0.222 e. The van der Waals surface area contributed by atoms with Gasteiger partial charge in [0.15, 0.2) is 0 Å². The third-order valence-corrected chi connectivity index (χ3v) is 5.41. The highest BCUT2D eigenvalue weighted by Gasteiger charge is 2.24. The summed E-state index contributed by atoms with van der Waals surface area (Å²) in [5, 5.41) is 15.5. The first-order valence-corrected chi connectivity index (χ1v) is 11.9. The summed E-state index contributed by atoms with van der Waals surface area (Å²) in [4.78, 5) is 2.23. The van der Waals surface area contributed by atoms with Crippen molar-refractivity contribution in [2.75, 3.05) is 33.4 Å². The number of ether oxygens (including phenoxy) is 3. The van der Waals surface area contributed by atoms with Gasteiger partial charge in [-0.3, -0.25) is 4.90 Å². The van der Waals surface area contributed by atoms with Gasteiger partial charge < -0.3 is 19.3 Å². The lowest BCUT2D eigenvalue weighted by Gasteiger charge is -2.27. The van der Waals surface area contributed by atoms with E-state index < -0.39 is 6.10 Å². The van der Waals surface area contributed by atoms with Gasteiger partial charge in [0.1, 0.15) is 17.2 Å². The molecule has 7 nitrogen and oxygen atoms in total. The molecule has 35 heavy (non-hydrogen) atoms. The smallest absolute Gasteiger partial charge is 0.222 e. The Balaban J connectivity index is 1.96. The minimum absolute atomic E-state index is 0.256. The number of aliphatic hydroxyl groups excluding tert-OH is 1. The molecule has 1 aromatic heterocycles. The maximum absolute atomic E-state index is 10.6. The average Bonchev–Trinajstić information content (AvgIpc) is 3.14. The molecule has 188 valence electrons. The molecule has 0 spiro atoms. The highest BCUT2D eigenvalue weighted by atomic mass is 16.5. The van der Waals surface area contributed by atoms with Crippen LogP contribution in [-0.4, -0.2) is 59.3 Å². The highest BCUT2D eigenvalue weighted by molar-refractivity contribution is 5.65. The van der Waals surface area contributed by atoms with Crippen molar-refractivity contribution in [3.05, 3.63) is 72.8 Å². The number of nitrogens with zero attached hydrogens (tertiary/aromatic N) is 3. The largest absolute Gasteiger partial charge is 0.497 e. The van der Waals surface area contributed by atoms with Crippen molar-refractivity contribution in [3.63, 3.8) is 0 Å².